The summed E-state index contributed by atoms with van der Waals surface area (Å²) in [5.74, 6) is 5.24. The van der Waals surface area contributed by atoms with Gasteiger partial charge in [-0.15, -0.1) is 0 Å². The van der Waals surface area contributed by atoms with Crippen molar-refractivity contribution in [3.8, 4) is 5.75 Å². The molecule has 3 N–H and O–H groups in total. The Morgan fingerprint density at radius 1 is 1.07 bits per heavy atom. The number of hydrazine groups is 1. The van der Waals surface area contributed by atoms with E-state index in [0.29, 0.717) is 27.9 Å². The first-order valence-electron chi connectivity index (χ1n) is 9.11. The molecule has 0 aliphatic carbocycles. The van der Waals surface area contributed by atoms with E-state index in [1.807, 2.05) is 36.4 Å². The number of carbonyl (C=O) groups excluding carboxylic acids is 2. The lowest BCUT2D eigenvalue weighted by Gasteiger charge is -2.19. The highest BCUT2D eigenvalue weighted by Crippen LogP contribution is 2.27. The summed E-state index contributed by atoms with van der Waals surface area (Å²) < 4.78 is 7.20. The number of nitrogen functional groups attached to an aromatic ring is 1. The second-order valence-corrected chi connectivity index (χ2v) is 7.74. The number of amides is 1. The molecule has 0 fully saturated rings. The van der Waals surface area contributed by atoms with Crippen molar-refractivity contribution in [3.63, 3.8) is 0 Å². The number of nitrogens with one attached hydrogen (secondary N) is 1. The fourth-order valence-electron chi connectivity index (χ4n) is 3.31. The van der Waals surface area contributed by atoms with Crippen molar-refractivity contribution >= 4 is 22.7 Å². The zero-order valence-corrected chi connectivity index (χ0v) is 16.6. The number of hydrogen-bond donors (Lipinski definition) is 2. The monoisotopic (exact) mass is 379 g/mol. The minimum atomic E-state index is -0.432. The van der Waals surface area contributed by atoms with Gasteiger partial charge in [0.05, 0.1) is 11.1 Å². The molecule has 0 radical (unpaired) electrons. The predicted molar refractivity (Wildman–Crippen MR) is 110 cm³/mol. The van der Waals surface area contributed by atoms with Gasteiger partial charge in [-0.3, -0.25) is 19.6 Å². The number of nitrogens with two attached hydrogens (primary N) is 1. The van der Waals surface area contributed by atoms with E-state index in [2.05, 4.69) is 26.2 Å². The molecule has 0 atom stereocenters. The van der Waals surface area contributed by atoms with Gasteiger partial charge in [-0.2, -0.15) is 0 Å². The maximum absolute atomic E-state index is 12.9. The van der Waals surface area contributed by atoms with E-state index in [9.17, 15) is 9.59 Å². The van der Waals surface area contributed by atoms with E-state index in [4.69, 9.17) is 10.6 Å². The van der Waals surface area contributed by atoms with Crippen LogP contribution in [0, 0.1) is 6.92 Å². The van der Waals surface area contributed by atoms with E-state index in [-0.39, 0.29) is 17.9 Å². The van der Waals surface area contributed by atoms with Gasteiger partial charge in [0, 0.05) is 11.1 Å². The third-order valence-corrected chi connectivity index (χ3v) is 4.80. The van der Waals surface area contributed by atoms with Gasteiger partial charge in [0.25, 0.3) is 11.8 Å². The molecule has 6 nitrogen and oxygen atoms in total. The van der Waals surface area contributed by atoms with E-state index in [0.717, 1.165) is 0 Å². The van der Waals surface area contributed by atoms with Crippen molar-refractivity contribution in [1.82, 2.24) is 9.99 Å². The first-order valence-corrected chi connectivity index (χ1v) is 9.11. The van der Waals surface area contributed by atoms with Crippen LogP contribution in [0.25, 0.3) is 10.9 Å². The molecule has 1 aromatic heterocycles. The van der Waals surface area contributed by atoms with Crippen molar-refractivity contribution in [1.29, 1.82) is 0 Å². The Balaban J connectivity index is 1.86. The lowest BCUT2D eigenvalue weighted by Crippen LogP contribution is -2.30. The average molecular weight is 379 g/mol. The Morgan fingerprint density at radius 2 is 1.71 bits per heavy atom. The Hall–Kier alpha value is -3.12. The van der Waals surface area contributed by atoms with E-state index >= 15 is 0 Å². The lowest BCUT2D eigenvalue weighted by atomic mass is 9.87. The maximum Gasteiger partial charge on any atom is 0.269 e. The van der Waals surface area contributed by atoms with Crippen LogP contribution in [-0.2, 0) is 5.41 Å². The van der Waals surface area contributed by atoms with Crippen molar-refractivity contribution in [2.24, 2.45) is 5.84 Å². The molecule has 146 valence electrons. The zero-order valence-electron chi connectivity index (χ0n) is 16.6. The molecule has 0 spiro atoms. The van der Waals surface area contributed by atoms with Crippen LogP contribution in [0.3, 0.4) is 0 Å². The van der Waals surface area contributed by atoms with Gasteiger partial charge < -0.3 is 4.74 Å². The molecule has 3 rings (SSSR count). The number of nitrogens with zero attached hydrogens (tertiary/aromatic N) is 1. The molecule has 0 saturated heterocycles. The molecule has 3 aromatic rings. The number of para-hydroxylation sites is 1. The summed E-state index contributed by atoms with van der Waals surface area (Å²) in [6, 6.07) is 15.0. The third-order valence-electron chi connectivity index (χ3n) is 4.80. The smallest absolute Gasteiger partial charge is 0.269 e. The summed E-state index contributed by atoms with van der Waals surface area (Å²) in [5.41, 5.74) is 4.96. The fourth-order valence-corrected chi connectivity index (χ4v) is 3.31. The van der Waals surface area contributed by atoms with Crippen LogP contribution >= 0.6 is 0 Å². The van der Waals surface area contributed by atoms with Gasteiger partial charge >= 0.3 is 0 Å². The van der Waals surface area contributed by atoms with Gasteiger partial charge in [-0.05, 0) is 36.1 Å². The predicted octanol–water partition coefficient (Wildman–Crippen LogP) is 3.57. The largest absolute Gasteiger partial charge is 0.484 e. The average Bonchev–Trinajstić information content (AvgIpc) is 2.97. The minimum Gasteiger partial charge on any atom is -0.484 e. The van der Waals surface area contributed by atoms with Crippen LogP contribution in [0.2, 0.25) is 0 Å². The first kappa shape index (κ1) is 19.6. The summed E-state index contributed by atoms with van der Waals surface area (Å²) in [4.78, 5) is 25.1. The summed E-state index contributed by atoms with van der Waals surface area (Å²) in [6.45, 7) is 8.00. The van der Waals surface area contributed by atoms with Crippen molar-refractivity contribution < 1.29 is 14.3 Å². The molecule has 1 amide bonds. The Kier molecular flexibility index (Phi) is 5.25. The highest BCUT2D eigenvalue weighted by molar-refractivity contribution is 6.10. The molecule has 1 heterocycles. The molecule has 0 saturated carbocycles. The second kappa shape index (κ2) is 7.48. The van der Waals surface area contributed by atoms with Crippen LogP contribution in [0.5, 0.6) is 5.75 Å². The van der Waals surface area contributed by atoms with Crippen molar-refractivity contribution in [2.45, 2.75) is 33.1 Å². The molecular weight excluding hydrogens is 354 g/mol. The van der Waals surface area contributed by atoms with E-state index in [1.165, 1.54) is 10.1 Å². The zero-order chi connectivity index (χ0) is 20.5. The number of benzene rings is 2. The number of fused-ring (bicyclic) bond motifs is 1. The Morgan fingerprint density at radius 3 is 2.32 bits per heavy atom. The lowest BCUT2D eigenvalue weighted by molar-refractivity contribution is 0.0841. The fraction of sp³-hybridized carbons (Fsp3) is 0.273. The van der Waals surface area contributed by atoms with Gasteiger partial charge in [0.15, 0.2) is 6.61 Å². The standard InChI is InChI=1S/C22H25N3O3/c1-14-20(21(27)24-23)17-7-5-6-8-18(17)25(14)19(26)13-28-16-11-9-15(10-12-16)22(2,3)4/h5-12H,13,23H2,1-4H3,(H,24,27). The van der Waals surface area contributed by atoms with Gasteiger partial charge in [-0.25, -0.2) is 5.84 Å². The third kappa shape index (κ3) is 3.64. The highest BCUT2D eigenvalue weighted by Gasteiger charge is 2.22. The topological polar surface area (TPSA) is 86.4 Å². The first-order chi connectivity index (χ1) is 13.2. The number of hydrogen-bond acceptors (Lipinski definition) is 4. The Labute approximate surface area is 164 Å². The van der Waals surface area contributed by atoms with Crippen LogP contribution in [0.15, 0.2) is 48.5 Å². The quantitative estimate of drug-likeness (QED) is 0.412. The van der Waals surface area contributed by atoms with Crippen LogP contribution in [0.1, 0.15) is 47.2 Å². The molecule has 6 heteroatoms. The van der Waals surface area contributed by atoms with Gasteiger partial charge in [-0.1, -0.05) is 51.1 Å². The summed E-state index contributed by atoms with van der Waals surface area (Å²) >= 11 is 0. The van der Waals surface area contributed by atoms with Gasteiger partial charge in [0.1, 0.15) is 5.75 Å². The second-order valence-electron chi connectivity index (χ2n) is 7.74. The van der Waals surface area contributed by atoms with Crippen molar-refractivity contribution in [2.75, 3.05) is 6.61 Å². The van der Waals surface area contributed by atoms with Crippen LogP contribution in [-0.4, -0.2) is 23.0 Å². The van der Waals surface area contributed by atoms with E-state index in [1.54, 1.807) is 19.1 Å². The van der Waals surface area contributed by atoms with E-state index < -0.39 is 5.91 Å². The summed E-state index contributed by atoms with van der Waals surface area (Å²) in [5, 5.41) is 0.672. The Bertz CT molecular complexity index is 1030. The molecule has 28 heavy (non-hydrogen) atoms. The molecule has 0 aliphatic rings. The van der Waals surface area contributed by atoms with Crippen LogP contribution < -0.4 is 16.0 Å². The van der Waals surface area contributed by atoms with Gasteiger partial charge in [0.2, 0.25) is 0 Å². The maximum atomic E-state index is 12.9. The molecular formula is C22H25N3O3. The normalized spacial score (nSPS) is 11.5. The number of rotatable bonds is 4. The number of ether oxygens (including phenoxy) is 1. The molecule has 2 aromatic carbocycles. The highest BCUT2D eigenvalue weighted by atomic mass is 16.5. The number of aromatic nitrogens is 1. The number of carbonyl (C=O) groups is 2. The van der Waals surface area contributed by atoms with Crippen LogP contribution in [0.4, 0.5) is 0 Å². The minimum absolute atomic E-state index is 0.0511. The molecule has 0 aliphatic heterocycles. The SMILES string of the molecule is Cc1c(C(=O)NN)c2ccccc2n1C(=O)COc1ccc(C(C)(C)C)cc1. The summed E-state index contributed by atoms with van der Waals surface area (Å²) in [6.07, 6.45) is 0. The molecule has 0 unspecified atom stereocenters. The van der Waals surface area contributed by atoms with Crippen molar-refractivity contribution in [3.05, 3.63) is 65.4 Å². The molecule has 0 bridgehead atoms. The summed E-state index contributed by atoms with van der Waals surface area (Å²) in [7, 11) is 0.